The molecule has 0 aliphatic carbocycles. The Hall–Kier alpha value is -2.98. The lowest BCUT2D eigenvalue weighted by molar-refractivity contribution is -0.137. The normalized spacial score (nSPS) is 15.9. The molecule has 3 aromatic rings. The summed E-state index contributed by atoms with van der Waals surface area (Å²) in [6, 6.07) is 4.76. The van der Waals surface area contributed by atoms with Crippen molar-refractivity contribution in [1.82, 2.24) is 24.4 Å². The summed E-state index contributed by atoms with van der Waals surface area (Å²) in [4.78, 5) is 15.3. The van der Waals surface area contributed by atoms with Crippen LogP contribution in [-0.2, 0) is 19.3 Å². The Kier molecular flexibility index (Phi) is 6.43. The van der Waals surface area contributed by atoms with Gasteiger partial charge in [0, 0.05) is 24.9 Å². The third-order valence-electron chi connectivity index (χ3n) is 5.69. The number of aromatic nitrogens is 4. The van der Waals surface area contributed by atoms with Crippen LogP contribution in [0.2, 0.25) is 0 Å². The number of hydrogen-bond donors (Lipinski definition) is 1. The number of pyridine rings is 2. The zero-order chi connectivity index (χ0) is 22.7. The number of hydrogen-bond acceptors (Lipinski definition) is 6. The van der Waals surface area contributed by atoms with Crippen molar-refractivity contribution >= 4 is 11.2 Å². The van der Waals surface area contributed by atoms with E-state index in [9.17, 15) is 18.3 Å². The van der Waals surface area contributed by atoms with Crippen molar-refractivity contribution in [3.8, 4) is 5.75 Å². The predicted octanol–water partition coefficient (Wildman–Crippen LogP) is 3.74. The quantitative estimate of drug-likeness (QED) is 0.556. The van der Waals surface area contributed by atoms with Crippen molar-refractivity contribution in [2.75, 3.05) is 19.7 Å². The minimum Gasteiger partial charge on any atom is -0.464 e. The van der Waals surface area contributed by atoms with Gasteiger partial charge in [0.15, 0.2) is 5.65 Å². The molecule has 1 N–H and O–H groups in total. The van der Waals surface area contributed by atoms with Crippen LogP contribution in [-0.4, -0.2) is 49.2 Å². The second kappa shape index (κ2) is 9.25. The molecule has 0 amide bonds. The van der Waals surface area contributed by atoms with Crippen molar-refractivity contribution in [2.45, 2.75) is 38.0 Å². The molecule has 32 heavy (non-hydrogen) atoms. The number of rotatable bonds is 7. The van der Waals surface area contributed by atoms with Gasteiger partial charge in [0.1, 0.15) is 11.6 Å². The molecule has 4 heterocycles. The highest BCUT2D eigenvalue weighted by Crippen LogP contribution is 2.37. The van der Waals surface area contributed by atoms with Crippen LogP contribution < -0.4 is 4.74 Å². The molecule has 0 unspecified atom stereocenters. The number of likely N-dealkylation sites (tertiary alicyclic amines) is 1. The fourth-order valence-electron chi connectivity index (χ4n) is 4.14. The smallest absolute Gasteiger partial charge is 0.418 e. The Morgan fingerprint density at radius 3 is 2.72 bits per heavy atom. The van der Waals surface area contributed by atoms with Crippen LogP contribution in [0.4, 0.5) is 13.2 Å². The van der Waals surface area contributed by atoms with Crippen LogP contribution in [0.15, 0.2) is 43.4 Å². The van der Waals surface area contributed by atoms with E-state index in [0.29, 0.717) is 24.4 Å². The molecular formula is C22H24F3N5O2. The van der Waals surface area contributed by atoms with Gasteiger partial charge in [0.25, 0.3) is 0 Å². The molecule has 0 bridgehead atoms. The summed E-state index contributed by atoms with van der Waals surface area (Å²) in [5.41, 5.74) is 1.21. The van der Waals surface area contributed by atoms with Gasteiger partial charge in [-0.1, -0.05) is 6.58 Å². The minimum absolute atomic E-state index is 0.00109. The van der Waals surface area contributed by atoms with Gasteiger partial charge in [-0.05, 0) is 44.1 Å². The molecule has 1 aliphatic heterocycles. The number of aliphatic hydroxyl groups excluding tert-OH is 1. The molecule has 0 saturated carbocycles. The van der Waals surface area contributed by atoms with E-state index >= 15 is 0 Å². The highest BCUT2D eigenvalue weighted by atomic mass is 19.4. The van der Waals surface area contributed by atoms with E-state index in [1.54, 1.807) is 6.20 Å². The molecule has 170 valence electrons. The summed E-state index contributed by atoms with van der Waals surface area (Å²) in [6.07, 6.45) is 0.642. The van der Waals surface area contributed by atoms with Gasteiger partial charge in [-0.2, -0.15) is 13.2 Å². The zero-order valence-electron chi connectivity index (χ0n) is 17.4. The molecular weight excluding hydrogens is 423 g/mol. The highest BCUT2D eigenvalue weighted by Gasteiger charge is 2.33. The van der Waals surface area contributed by atoms with E-state index in [4.69, 9.17) is 4.74 Å². The van der Waals surface area contributed by atoms with Crippen LogP contribution >= 0.6 is 0 Å². The van der Waals surface area contributed by atoms with Crippen LogP contribution in [0.3, 0.4) is 0 Å². The van der Waals surface area contributed by atoms with Gasteiger partial charge in [0.05, 0.1) is 36.2 Å². The van der Waals surface area contributed by atoms with Crippen molar-refractivity contribution in [1.29, 1.82) is 0 Å². The lowest BCUT2D eigenvalue weighted by Gasteiger charge is -2.32. The molecule has 3 aromatic heterocycles. The fraction of sp³-hybridized carbons (Fsp3) is 0.409. The van der Waals surface area contributed by atoms with Crippen LogP contribution in [0.1, 0.15) is 35.8 Å². The third kappa shape index (κ3) is 4.61. The standard InChI is InChI=1S/C22H24F3N5O2/c1-2-32-18-12-16(22(23,24)25)13-27-20(18)15-5-8-29(9-6-15)14-19-28-21-17(4-3-7-26-21)30(19)10-11-31/h2-4,7,12-13,15,31H,1,5-6,8-11,14H2. The average molecular weight is 447 g/mol. The second-order valence-corrected chi connectivity index (χ2v) is 7.69. The molecule has 0 aromatic carbocycles. The molecule has 0 spiro atoms. The van der Waals surface area contributed by atoms with E-state index in [-0.39, 0.29) is 18.3 Å². The predicted molar refractivity (Wildman–Crippen MR) is 112 cm³/mol. The summed E-state index contributed by atoms with van der Waals surface area (Å²) in [5, 5.41) is 9.45. The van der Waals surface area contributed by atoms with Gasteiger partial charge in [0.2, 0.25) is 0 Å². The topological polar surface area (TPSA) is 76.3 Å². The number of aliphatic hydroxyl groups is 1. The summed E-state index contributed by atoms with van der Waals surface area (Å²) >= 11 is 0. The van der Waals surface area contributed by atoms with Gasteiger partial charge < -0.3 is 14.4 Å². The lowest BCUT2D eigenvalue weighted by Crippen LogP contribution is -2.34. The summed E-state index contributed by atoms with van der Waals surface area (Å²) in [7, 11) is 0. The first-order valence-corrected chi connectivity index (χ1v) is 10.4. The van der Waals surface area contributed by atoms with Crippen molar-refractivity contribution in [3.05, 3.63) is 60.5 Å². The van der Waals surface area contributed by atoms with Crippen molar-refractivity contribution in [2.24, 2.45) is 0 Å². The first-order chi connectivity index (χ1) is 15.4. The molecule has 0 radical (unpaired) electrons. The zero-order valence-corrected chi connectivity index (χ0v) is 17.4. The van der Waals surface area contributed by atoms with Crippen LogP contribution in [0.5, 0.6) is 5.75 Å². The number of imidazole rings is 1. The maximum atomic E-state index is 13.0. The maximum Gasteiger partial charge on any atom is 0.418 e. The lowest BCUT2D eigenvalue weighted by atomic mass is 9.92. The van der Waals surface area contributed by atoms with E-state index in [1.807, 2.05) is 16.7 Å². The highest BCUT2D eigenvalue weighted by molar-refractivity contribution is 5.71. The Bertz CT molecular complexity index is 1090. The molecule has 4 rings (SSSR count). The summed E-state index contributed by atoms with van der Waals surface area (Å²) in [5.74, 6) is 0.917. The summed E-state index contributed by atoms with van der Waals surface area (Å²) in [6.45, 7) is 5.96. The molecule has 1 aliphatic rings. The fourth-order valence-corrected chi connectivity index (χ4v) is 4.14. The van der Waals surface area contributed by atoms with Gasteiger partial charge >= 0.3 is 6.18 Å². The van der Waals surface area contributed by atoms with E-state index in [2.05, 4.69) is 26.4 Å². The third-order valence-corrected chi connectivity index (χ3v) is 5.69. The van der Waals surface area contributed by atoms with E-state index < -0.39 is 11.7 Å². The number of alkyl halides is 3. The number of halogens is 3. The molecule has 0 atom stereocenters. The van der Waals surface area contributed by atoms with Crippen molar-refractivity contribution in [3.63, 3.8) is 0 Å². The van der Waals surface area contributed by atoms with Crippen LogP contribution in [0, 0.1) is 0 Å². The number of fused-ring (bicyclic) bond motifs is 1. The van der Waals surface area contributed by atoms with Crippen LogP contribution in [0.25, 0.3) is 11.2 Å². The van der Waals surface area contributed by atoms with E-state index in [0.717, 1.165) is 55.8 Å². The monoisotopic (exact) mass is 447 g/mol. The Balaban J connectivity index is 1.48. The van der Waals surface area contributed by atoms with Gasteiger partial charge in [-0.25, -0.2) is 9.97 Å². The largest absolute Gasteiger partial charge is 0.464 e. The Morgan fingerprint density at radius 2 is 2.03 bits per heavy atom. The molecule has 10 heteroatoms. The molecule has 1 fully saturated rings. The van der Waals surface area contributed by atoms with Gasteiger partial charge in [-0.3, -0.25) is 9.88 Å². The number of nitrogens with zero attached hydrogens (tertiary/aromatic N) is 5. The number of ether oxygens (including phenoxy) is 1. The number of piperidine rings is 1. The Morgan fingerprint density at radius 1 is 1.25 bits per heavy atom. The van der Waals surface area contributed by atoms with Gasteiger partial charge in [-0.15, -0.1) is 0 Å². The minimum atomic E-state index is -4.48. The molecule has 1 saturated heterocycles. The average Bonchev–Trinajstić information content (AvgIpc) is 3.11. The maximum absolute atomic E-state index is 13.0. The second-order valence-electron chi connectivity index (χ2n) is 7.69. The Labute approximate surface area is 183 Å². The SMILES string of the molecule is C=COc1cc(C(F)(F)F)cnc1C1CCN(Cc2nc3ncccc3n2CCO)CC1. The first kappa shape index (κ1) is 22.2. The molecule has 7 nitrogen and oxygen atoms in total. The summed E-state index contributed by atoms with van der Waals surface area (Å²) < 4.78 is 46.4. The first-order valence-electron chi connectivity index (χ1n) is 10.4. The van der Waals surface area contributed by atoms with E-state index in [1.165, 1.54) is 0 Å². The van der Waals surface area contributed by atoms with Crippen molar-refractivity contribution < 1.29 is 23.0 Å².